The van der Waals surface area contributed by atoms with Crippen molar-refractivity contribution in [3.63, 3.8) is 0 Å². The van der Waals surface area contributed by atoms with E-state index in [9.17, 15) is 9.59 Å². The third kappa shape index (κ3) is 4.15. The molecule has 28 heavy (non-hydrogen) atoms. The first-order chi connectivity index (χ1) is 13.4. The maximum atomic E-state index is 12.3. The molecule has 3 rings (SSSR count). The first-order valence-corrected chi connectivity index (χ1v) is 8.88. The molecular formula is C20H19ClN4O3. The standard InChI is InChI=1S/C20H19ClN4O3/c1-12-19(13(2)25(24-12)15-6-4-3-5-7-15)23-18(26)11-28-20(27)16-10-14(21)8-9-17(16)22/h3-10H,11,22H2,1-2H3,(H,23,26). The van der Waals surface area contributed by atoms with Crippen molar-refractivity contribution in [3.05, 3.63) is 70.5 Å². The van der Waals surface area contributed by atoms with Gasteiger partial charge in [0.05, 0.1) is 28.3 Å². The minimum absolute atomic E-state index is 0.115. The van der Waals surface area contributed by atoms with Crippen LogP contribution < -0.4 is 11.1 Å². The predicted octanol–water partition coefficient (Wildman–Crippen LogP) is 3.52. The average Bonchev–Trinajstić information content (AvgIpc) is 2.97. The summed E-state index contributed by atoms with van der Waals surface area (Å²) in [4.78, 5) is 24.4. The van der Waals surface area contributed by atoms with Crippen LogP contribution in [-0.2, 0) is 9.53 Å². The van der Waals surface area contributed by atoms with Crippen molar-refractivity contribution < 1.29 is 14.3 Å². The molecule has 7 nitrogen and oxygen atoms in total. The van der Waals surface area contributed by atoms with Gasteiger partial charge in [0.1, 0.15) is 0 Å². The molecule has 0 aliphatic rings. The number of nitrogens with zero attached hydrogens (tertiary/aromatic N) is 2. The van der Waals surface area contributed by atoms with E-state index >= 15 is 0 Å². The number of nitrogens with one attached hydrogen (secondary N) is 1. The predicted molar refractivity (Wildman–Crippen MR) is 108 cm³/mol. The van der Waals surface area contributed by atoms with Crippen LogP contribution >= 0.6 is 11.6 Å². The summed E-state index contributed by atoms with van der Waals surface area (Å²) in [5, 5.41) is 7.56. The number of carbonyl (C=O) groups excluding carboxylic acids is 2. The molecule has 1 heterocycles. The third-order valence-electron chi connectivity index (χ3n) is 4.13. The molecule has 0 spiro atoms. The van der Waals surface area contributed by atoms with E-state index in [1.807, 2.05) is 37.3 Å². The fourth-order valence-corrected chi connectivity index (χ4v) is 2.91. The Morgan fingerprint density at radius 1 is 1.18 bits per heavy atom. The van der Waals surface area contributed by atoms with E-state index in [1.54, 1.807) is 17.7 Å². The Hall–Kier alpha value is -3.32. The average molecular weight is 399 g/mol. The van der Waals surface area contributed by atoms with Gasteiger partial charge in [-0.15, -0.1) is 0 Å². The van der Waals surface area contributed by atoms with E-state index in [4.69, 9.17) is 22.1 Å². The molecule has 144 valence electrons. The van der Waals surface area contributed by atoms with Gasteiger partial charge < -0.3 is 15.8 Å². The summed E-state index contributed by atoms with van der Waals surface area (Å²) in [6, 6.07) is 14.0. The van der Waals surface area contributed by atoms with Crippen molar-refractivity contribution in [2.24, 2.45) is 0 Å². The number of carbonyl (C=O) groups is 2. The zero-order valence-electron chi connectivity index (χ0n) is 15.4. The molecule has 0 saturated carbocycles. The highest BCUT2D eigenvalue weighted by Crippen LogP contribution is 2.23. The van der Waals surface area contributed by atoms with Crippen molar-refractivity contribution in [2.45, 2.75) is 13.8 Å². The Morgan fingerprint density at radius 3 is 2.61 bits per heavy atom. The number of para-hydroxylation sites is 1. The lowest BCUT2D eigenvalue weighted by Gasteiger charge is -2.09. The molecule has 0 atom stereocenters. The quantitative estimate of drug-likeness (QED) is 0.506. The van der Waals surface area contributed by atoms with Crippen LogP contribution in [0.5, 0.6) is 0 Å². The van der Waals surface area contributed by atoms with Gasteiger partial charge in [0, 0.05) is 10.7 Å². The molecule has 3 N–H and O–H groups in total. The summed E-state index contributed by atoms with van der Waals surface area (Å²) >= 11 is 5.87. The zero-order chi connectivity index (χ0) is 20.3. The van der Waals surface area contributed by atoms with Crippen LogP contribution in [0, 0.1) is 13.8 Å². The Bertz CT molecular complexity index is 1030. The number of hydrogen-bond donors (Lipinski definition) is 2. The highest BCUT2D eigenvalue weighted by Gasteiger charge is 2.17. The summed E-state index contributed by atoms with van der Waals surface area (Å²) in [6.07, 6.45) is 0. The second-order valence-corrected chi connectivity index (χ2v) is 6.59. The van der Waals surface area contributed by atoms with Crippen molar-refractivity contribution in [2.75, 3.05) is 17.7 Å². The van der Waals surface area contributed by atoms with Gasteiger partial charge in [-0.1, -0.05) is 29.8 Å². The minimum atomic E-state index is -0.719. The molecule has 0 radical (unpaired) electrons. The number of benzene rings is 2. The van der Waals surface area contributed by atoms with E-state index in [0.717, 1.165) is 11.4 Å². The lowest BCUT2D eigenvalue weighted by atomic mass is 10.2. The van der Waals surface area contributed by atoms with Gasteiger partial charge in [0.15, 0.2) is 6.61 Å². The van der Waals surface area contributed by atoms with Gasteiger partial charge in [0.2, 0.25) is 0 Å². The van der Waals surface area contributed by atoms with Gasteiger partial charge in [0.25, 0.3) is 5.91 Å². The Labute approximate surface area is 167 Å². The molecule has 0 saturated heterocycles. The first kappa shape index (κ1) is 19.4. The molecule has 1 aromatic heterocycles. The fraction of sp³-hybridized carbons (Fsp3) is 0.150. The number of nitrogens with two attached hydrogens (primary N) is 1. The van der Waals surface area contributed by atoms with Crippen LogP contribution in [0.4, 0.5) is 11.4 Å². The van der Waals surface area contributed by atoms with Crippen LogP contribution in [0.3, 0.4) is 0 Å². The van der Waals surface area contributed by atoms with E-state index in [2.05, 4.69) is 10.4 Å². The number of aryl methyl sites for hydroxylation is 1. The smallest absolute Gasteiger partial charge is 0.340 e. The van der Waals surface area contributed by atoms with Crippen LogP contribution in [-0.4, -0.2) is 28.3 Å². The molecule has 1 amide bonds. The largest absolute Gasteiger partial charge is 0.452 e. The monoisotopic (exact) mass is 398 g/mol. The zero-order valence-corrected chi connectivity index (χ0v) is 16.2. The Kier molecular flexibility index (Phi) is 5.65. The second kappa shape index (κ2) is 8.14. The second-order valence-electron chi connectivity index (χ2n) is 6.15. The number of esters is 1. The Morgan fingerprint density at radius 2 is 1.89 bits per heavy atom. The van der Waals surface area contributed by atoms with E-state index in [-0.39, 0.29) is 11.3 Å². The summed E-state index contributed by atoms with van der Waals surface area (Å²) < 4.78 is 6.79. The Balaban J connectivity index is 1.68. The molecule has 0 aliphatic carbocycles. The highest BCUT2D eigenvalue weighted by molar-refractivity contribution is 6.31. The number of amides is 1. The number of anilines is 2. The first-order valence-electron chi connectivity index (χ1n) is 8.50. The van der Waals surface area contributed by atoms with Gasteiger partial charge in [-0.2, -0.15) is 5.10 Å². The lowest BCUT2D eigenvalue weighted by Crippen LogP contribution is -2.22. The van der Waals surface area contributed by atoms with Crippen molar-refractivity contribution in [1.29, 1.82) is 0 Å². The minimum Gasteiger partial charge on any atom is -0.452 e. The number of hydrogen-bond acceptors (Lipinski definition) is 5. The SMILES string of the molecule is Cc1nn(-c2ccccc2)c(C)c1NC(=O)COC(=O)c1cc(Cl)ccc1N. The summed E-state index contributed by atoms with van der Waals surface area (Å²) in [5.41, 5.74) is 8.97. The topological polar surface area (TPSA) is 99.2 Å². The molecule has 8 heteroatoms. The van der Waals surface area contributed by atoms with E-state index < -0.39 is 18.5 Å². The number of ether oxygens (including phenoxy) is 1. The molecule has 0 aliphatic heterocycles. The molecule has 0 fully saturated rings. The number of aromatic nitrogens is 2. The number of rotatable bonds is 5. The van der Waals surface area contributed by atoms with Crippen molar-refractivity contribution in [1.82, 2.24) is 9.78 Å². The molecule has 0 bridgehead atoms. The maximum absolute atomic E-state index is 12.3. The van der Waals surface area contributed by atoms with Gasteiger partial charge in [-0.3, -0.25) is 4.79 Å². The fourth-order valence-electron chi connectivity index (χ4n) is 2.73. The third-order valence-corrected chi connectivity index (χ3v) is 4.36. The normalized spacial score (nSPS) is 10.5. The van der Waals surface area contributed by atoms with E-state index in [0.29, 0.717) is 16.4 Å². The van der Waals surface area contributed by atoms with Crippen molar-refractivity contribution in [3.8, 4) is 5.69 Å². The summed E-state index contributed by atoms with van der Waals surface area (Å²) in [5.74, 6) is -1.20. The van der Waals surface area contributed by atoms with Crippen molar-refractivity contribution >= 4 is 34.9 Å². The maximum Gasteiger partial charge on any atom is 0.340 e. The molecule has 0 unspecified atom stereocenters. The number of nitrogen functional groups attached to an aromatic ring is 1. The van der Waals surface area contributed by atoms with Gasteiger partial charge in [-0.25, -0.2) is 9.48 Å². The van der Waals surface area contributed by atoms with Crippen LogP contribution in [0.1, 0.15) is 21.7 Å². The van der Waals surface area contributed by atoms with Gasteiger partial charge >= 0.3 is 5.97 Å². The van der Waals surface area contributed by atoms with Crippen LogP contribution in [0.2, 0.25) is 5.02 Å². The van der Waals surface area contributed by atoms with E-state index in [1.165, 1.54) is 12.1 Å². The summed E-state index contributed by atoms with van der Waals surface area (Å²) in [7, 11) is 0. The lowest BCUT2D eigenvalue weighted by molar-refractivity contribution is -0.119. The molecule has 2 aromatic carbocycles. The summed E-state index contributed by atoms with van der Waals surface area (Å²) in [6.45, 7) is 3.18. The van der Waals surface area contributed by atoms with Gasteiger partial charge in [-0.05, 0) is 44.2 Å². The molecular weight excluding hydrogens is 380 g/mol. The van der Waals surface area contributed by atoms with Crippen LogP contribution in [0.15, 0.2) is 48.5 Å². The number of halogens is 1. The van der Waals surface area contributed by atoms with Crippen LogP contribution in [0.25, 0.3) is 5.69 Å². The molecule has 3 aromatic rings. The highest BCUT2D eigenvalue weighted by atomic mass is 35.5.